The van der Waals surface area contributed by atoms with Gasteiger partial charge in [0.1, 0.15) is 0 Å². The molecule has 1 aromatic rings. The van der Waals surface area contributed by atoms with Gasteiger partial charge in [0.05, 0.1) is 19.1 Å². The Morgan fingerprint density at radius 1 is 1.38 bits per heavy atom. The van der Waals surface area contributed by atoms with Gasteiger partial charge >= 0.3 is 5.97 Å². The molecule has 1 rings (SSSR count). The number of carbonyl (C=O) groups excluding carboxylic acids is 1. The SMILES string of the molecule is CCC(O)CCOC(=O)Cc1ccccc1. The molecule has 1 N–H and O–H groups in total. The van der Waals surface area contributed by atoms with E-state index in [4.69, 9.17) is 4.74 Å². The zero-order valence-corrected chi connectivity index (χ0v) is 9.56. The first kappa shape index (κ1) is 12.7. The summed E-state index contributed by atoms with van der Waals surface area (Å²) in [6.45, 7) is 2.19. The summed E-state index contributed by atoms with van der Waals surface area (Å²) in [7, 11) is 0. The van der Waals surface area contributed by atoms with Crippen molar-refractivity contribution in [3.8, 4) is 0 Å². The fraction of sp³-hybridized carbons (Fsp3) is 0.462. The van der Waals surface area contributed by atoms with Crippen molar-refractivity contribution >= 4 is 5.97 Å². The van der Waals surface area contributed by atoms with Gasteiger partial charge in [-0.05, 0) is 12.0 Å². The van der Waals surface area contributed by atoms with E-state index in [1.807, 2.05) is 37.3 Å². The van der Waals surface area contributed by atoms with Crippen LogP contribution < -0.4 is 0 Å². The van der Waals surface area contributed by atoms with Crippen molar-refractivity contribution in [3.05, 3.63) is 35.9 Å². The van der Waals surface area contributed by atoms with Crippen molar-refractivity contribution in [2.45, 2.75) is 32.3 Å². The highest BCUT2D eigenvalue weighted by Gasteiger charge is 2.06. The number of ether oxygens (including phenoxy) is 1. The Labute approximate surface area is 96.1 Å². The van der Waals surface area contributed by atoms with Crippen molar-refractivity contribution in [2.75, 3.05) is 6.61 Å². The topological polar surface area (TPSA) is 46.5 Å². The predicted molar refractivity (Wildman–Crippen MR) is 62.0 cm³/mol. The van der Waals surface area contributed by atoms with Gasteiger partial charge in [-0.1, -0.05) is 37.3 Å². The van der Waals surface area contributed by atoms with E-state index in [-0.39, 0.29) is 12.1 Å². The molecule has 0 bridgehead atoms. The van der Waals surface area contributed by atoms with Crippen LogP contribution in [0.1, 0.15) is 25.3 Å². The molecular weight excluding hydrogens is 204 g/mol. The van der Waals surface area contributed by atoms with Gasteiger partial charge in [0.25, 0.3) is 0 Å². The average molecular weight is 222 g/mol. The Morgan fingerprint density at radius 2 is 2.06 bits per heavy atom. The van der Waals surface area contributed by atoms with E-state index < -0.39 is 0 Å². The molecule has 0 fully saturated rings. The molecule has 0 aliphatic heterocycles. The lowest BCUT2D eigenvalue weighted by Gasteiger charge is -2.08. The van der Waals surface area contributed by atoms with Gasteiger partial charge < -0.3 is 9.84 Å². The maximum atomic E-state index is 11.4. The lowest BCUT2D eigenvalue weighted by molar-refractivity contribution is -0.143. The highest BCUT2D eigenvalue weighted by molar-refractivity contribution is 5.72. The van der Waals surface area contributed by atoms with Crippen molar-refractivity contribution in [1.82, 2.24) is 0 Å². The highest BCUT2D eigenvalue weighted by atomic mass is 16.5. The fourth-order valence-corrected chi connectivity index (χ4v) is 1.33. The van der Waals surface area contributed by atoms with E-state index in [1.54, 1.807) is 0 Å². The van der Waals surface area contributed by atoms with E-state index in [2.05, 4.69) is 0 Å². The van der Waals surface area contributed by atoms with Crippen LogP contribution in [0.4, 0.5) is 0 Å². The molecule has 0 heterocycles. The maximum absolute atomic E-state index is 11.4. The van der Waals surface area contributed by atoms with Crippen LogP contribution in [-0.2, 0) is 16.0 Å². The molecule has 0 aliphatic carbocycles. The summed E-state index contributed by atoms with van der Waals surface area (Å²) in [4.78, 5) is 11.4. The van der Waals surface area contributed by atoms with E-state index in [1.165, 1.54) is 0 Å². The zero-order valence-electron chi connectivity index (χ0n) is 9.56. The minimum Gasteiger partial charge on any atom is -0.465 e. The Bertz CT molecular complexity index is 308. The summed E-state index contributed by atoms with van der Waals surface area (Å²) in [5.41, 5.74) is 0.948. The van der Waals surface area contributed by atoms with Crippen LogP contribution in [0.15, 0.2) is 30.3 Å². The van der Waals surface area contributed by atoms with Gasteiger partial charge in [0, 0.05) is 6.42 Å². The van der Waals surface area contributed by atoms with Crippen LogP contribution in [0.5, 0.6) is 0 Å². The molecular formula is C13H18O3. The third-order valence-electron chi connectivity index (χ3n) is 2.38. The van der Waals surface area contributed by atoms with Crippen LogP contribution in [-0.4, -0.2) is 23.8 Å². The second-order valence-corrected chi connectivity index (χ2v) is 3.73. The van der Waals surface area contributed by atoms with Crippen LogP contribution in [0.25, 0.3) is 0 Å². The fourth-order valence-electron chi connectivity index (χ4n) is 1.33. The number of carbonyl (C=O) groups is 1. The van der Waals surface area contributed by atoms with Gasteiger partial charge in [0.2, 0.25) is 0 Å². The number of esters is 1. The third-order valence-corrected chi connectivity index (χ3v) is 2.38. The largest absolute Gasteiger partial charge is 0.465 e. The van der Waals surface area contributed by atoms with E-state index in [0.29, 0.717) is 25.9 Å². The van der Waals surface area contributed by atoms with Crippen LogP contribution in [0, 0.1) is 0 Å². The van der Waals surface area contributed by atoms with E-state index in [0.717, 1.165) is 5.56 Å². The maximum Gasteiger partial charge on any atom is 0.310 e. The number of aliphatic hydroxyl groups is 1. The number of benzene rings is 1. The number of aliphatic hydroxyl groups excluding tert-OH is 1. The Morgan fingerprint density at radius 3 is 2.69 bits per heavy atom. The molecule has 16 heavy (non-hydrogen) atoms. The first-order chi connectivity index (χ1) is 7.72. The summed E-state index contributed by atoms with van der Waals surface area (Å²) in [6, 6.07) is 9.48. The minimum absolute atomic E-state index is 0.241. The van der Waals surface area contributed by atoms with Crippen molar-refractivity contribution in [2.24, 2.45) is 0 Å². The summed E-state index contributed by atoms with van der Waals surface area (Å²) >= 11 is 0. The van der Waals surface area contributed by atoms with Gasteiger partial charge in [-0.3, -0.25) is 4.79 Å². The normalized spacial score (nSPS) is 12.1. The quantitative estimate of drug-likeness (QED) is 0.748. The van der Waals surface area contributed by atoms with Crippen molar-refractivity contribution in [3.63, 3.8) is 0 Å². The molecule has 1 unspecified atom stereocenters. The first-order valence-corrected chi connectivity index (χ1v) is 5.60. The van der Waals surface area contributed by atoms with Gasteiger partial charge in [0.15, 0.2) is 0 Å². The summed E-state index contributed by atoms with van der Waals surface area (Å²) in [6.07, 6.45) is 1.13. The standard InChI is InChI=1S/C13H18O3/c1-2-12(14)8-9-16-13(15)10-11-6-4-3-5-7-11/h3-7,12,14H,2,8-10H2,1H3. The predicted octanol–water partition coefficient (Wildman–Crippen LogP) is 1.93. The Kier molecular flexibility index (Phi) is 5.57. The molecule has 0 saturated heterocycles. The highest BCUT2D eigenvalue weighted by Crippen LogP contribution is 2.02. The number of hydrogen-bond acceptors (Lipinski definition) is 3. The molecule has 3 heteroatoms. The van der Waals surface area contributed by atoms with Crippen LogP contribution in [0.2, 0.25) is 0 Å². The summed E-state index contributed by atoms with van der Waals surface area (Å²) in [5.74, 6) is -0.241. The summed E-state index contributed by atoms with van der Waals surface area (Å²) < 4.78 is 5.02. The lowest BCUT2D eigenvalue weighted by atomic mass is 10.1. The number of hydrogen-bond donors (Lipinski definition) is 1. The molecule has 1 atom stereocenters. The summed E-state index contributed by atoms with van der Waals surface area (Å²) in [5, 5.41) is 9.27. The Hall–Kier alpha value is -1.35. The van der Waals surface area contributed by atoms with Crippen molar-refractivity contribution < 1.29 is 14.6 Å². The van der Waals surface area contributed by atoms with Crippen LogP contribution >= 0.6 is 0 Å². The van der Waals surface area contributed by atoms with Crippen LogP contribution in [0.3, 0.4) is 0 Å². The van der Waals surface area contributed by atoms with Gasteiger partial charge in [-0.2, -0.15) is 0 Å². The van der Waals surface area contributed by atoms with Gasteiger partial charge in [-0.25, -0.2) is 0 Å². The molecule has 0 spiro atoms. The second-order valence-electron chi connectivity index (χ2n) is 3.73. The van der Waals surface area contributed by atoms with Crippen molar-refractivity contribution in [1.29, 1.82) is 0 Å². The minimum atomic E-state index is -0.371. The molecule has 0 amide bonds. The molecule has 3 nitrogen and oxygen atoms in total. The lowest BCUT2D eigenvalue weighted by Crippen LogP contribution is -2.14. The molecule has 0 radical (unpaired) electrons. The molecule has 88 valence electrons. The zero-order chi connectivity index (χ0) is 11.8. The monoisotopic (exact) mass is 222 g/mol. The Balaban J connectivity index is 2.21. The molecule has 0 saturated carbocycles. The molecule has 0 aliphatic rings. The number of rotatable bonds is 6. The molecule has 0 aromatic heterocycles. The second kappa shape index (κ2) is 7.01. The van der Waals surface area contributed by atoms with E-state index >= 15 is 0 Å². The first-order valence-electron chi connectivity index (χ1n) is 5.60. The smallest absolute Gasteiger partial charge is 0.310 e. The molecule has 1 aromatic carbocycles. The van der Waals surface area contributed by atoms with Gasteiger partial charge in [-0.15, -0.1) is 0 Å². The van der Waals surface area contributed by atoms with E-state index in [9.17, 15) is 9.90 Å². The third kappa shape index (κ3) is 4.94. The average Bonchev–Trinajstić information content (AvgIpc) is 2.30.